The molecule has 1 heterocycles. The van der Waals surface area contributed by atoms with Gasteiger partial charge in [0.2, 0.25) is 0 Å². The summed E-state index contributed by atoms with van der Waals surface area (Å²) in [4.78, 5) is 0. The molecular weight excluding hydrogens is 176 g/mol. The van der Waals surface area contributed by atoms with Crippen LogP contribution in [-0.4, -0.2) is 27.6 Å². The van der Waals surface area contributed by atoms with Crippen LogP contribution in [0.1, 0.15) is 39.3 Å². The predicted octanol–water partition coefficient (Wildman–Crippen LogP) is 1.40. The minimum Gasteiger partial charge on any atom is -0.313 e. The van der Waals surface area contributed by atoms with Crippen molar-refractivity contribution in [2.45, 2.75) is 46.2 Å². The van der Waals surface area contributed by atoms with E-state index in [0.717, 1.165) is 18.8 Å². The fourth-order valence-corrected chi connectivity index (χ4v) is 1.15. The van der Waals surface area contributed by atoms with Crippen LogP contribution in [0.2, 0.25) is 0 Å². The lowest BCUT2D eigenvalue weighted by Crippen LogP contribution is -2.26. The van der Waals surface area contributed by atoms with Gasteiger partial charge in [0, 0.05) is 18.8 Å². The van der Waals surface area contributed by atoms with Crippen LogP contribution < -0.4 is 5.32 Å². The van der Waals surface area contributed by atoms with Crippen molar-refractivity contribution in [3.63, 3.8) is 0 Å². The van der Waals surface area contributed by atoms with E-state index in [9.17, 15) is 0 Å². The van der Waals surface area contributed by atoms with Crippen molar-refractivity contribution < 1.29 is 0 Å². The highest BCUT2D eigenvalue weighted by molar-refractivity contribution is 4.97. The Morgan fingerprint density at radius 2 is 2.07 bits per heavy atom. The Balaban J connectivity index is 2.36. The van der Waals surface area contributed by atoms with Crippen LogP contribution in [0, 0.1) is 0 Å². The monoisotopic (exact) mass is 196 g/mol. The van der Waals surface area contributed by atoms with Crippen LogP contribution in [0.4, 0.5) is 0 Å². The maximum atomic E-state index is 4.10. The summed E-state index contributed by atoms with van der Waals surface area (Å²) in [5, 5.41) is 11.5. The number of rotatable bonds is 5. The van der Waals surface area contributed by atoms with E-state index < -0.39 is 0 Å². The normalized spacial score (nSPS) is 11.6. The zero-order chi connectivity index (χ0) is 10.6. The van der Waals surface area contributed by atoms with E-state index in [-0.39, 0.29) is 0 Å². The third-order valence-corrected chi connectivity index (χ3v) is 2.04. The van der Waals surface area contributed by atoms with E-state index in [1.165, 1.54) is 0 Å². The number of nitrogens with zero attached hydrogens (tertiary/aromatic N) is 3. The second-order valence-corrected chi connectivity index (χ2v) is 4.17. The third-order valence-electron chi connectivity index (χ3n) is 2.04. The van der Waals surface area contributed by atoms with Crippen molar-refractivity contribution in [1.82, 2.24) is 20.3 Å². The second-order valence-electron chi connectivity index (χ2n) is 4.17. The molecule has 0 fully saturated rings. The number of hydrogen-bond acceptors (Lipinski definition) is 3. The van der Waals surface area contributed by atoms with Crippen LogP contribution in [0.15, 0.2) is 6.20 Å². The Labute approximate surface area is 85.7 Å². The first-order valence-electron chi connectivity index (χ1n) is 5.23. The van der Waals surface area contributed by atoms with Gasteiger partial charge in [0.25, 0.3) is 0 Å². The van der Waals surface area contributed by atoms with Crippen molar-refractivity contribution in [2.75, 3.05) is 6.54 Å². The van der Waals surface area contributed by atoms with Crippen molar-refractivity contribution in [3.05, 3.63) is 11.9 Å². The molecule has 0 amide bonds. The van der Waals surface area contributed by atoms with Crippen LogP contribution in [0.5, 0.6) is 0 Å². The summed E-state index contributed by atoms with van der Waals surface area (Å²) in [6.07, 6.45) is 2.02. The Morgan fingerprint density at radius 3 is 2.57 bits per heavy atom. The van der Waals surface area contributed by atoms with Gasteiger partial charge in [-0.05, 0) is 5.92 Å². The van der Waals surface area contributed by atoms with Gasteiger partial charge in [-0.3, -0.25) is 4.68 Å². The Hall–Kier alpha value is -0.900. The molecule has 0 saturated carbocycles. The summed E-state index contributed by atoms with van der Waals surface area (Å²) in [6.45, 7) is 10.4. The predicted molar refractivity (Wildman–Crippen MR) is 57.2 cm³/mol. The maximum Gasteiger partial charge on any atom is 0.0852 e. The highest BCUT2D eigenvalue weighted by Crippen LogP contribution is 2.08. The summed E-state index contributed by atoms with van der Waals surface area (Å²) in [5.74, 6) is 0.460. The average molecular weight is 196 g/mol. The lowest BCUT2D eigenvalue weighted by atomic mass is 10.2. The lowest BCUT2D eigenvalue weighted by molar-refractivity contribution is 0.506. The van der Waals surface area contributed by atoms with E-state index in [1.807, 2.05) is 10.9 Å². The van der Waals surface area contributed by atoms with Crippen LogP contribution in [-0.2, 0) is 6.54 Å². The largest absolute Gasteiger partial charge is 0.313 e. The molecule has 14 heavy (non-hydrogen) atoms. The Bertz CT molecular complexity index is 265. The molecule has 80 valence electrons. The molecule has 0 spiro atoms. The van der Waals surface area contributed by atoms with Gasteiger partial charge in [-0.15, -0.1) is 5.10 Å². The molecule has 0 aromatic carbocycles. The molecule has 0 aliphatic rings. The summed E-state index contributed by atoms with van der Waals surface area (Å²) < 4.78 is 1.89. The fourth-order valence-electron chi connectivity index (χ4n) is 1.15. The topological polar surface area (TPSA) is 42.7 Å². The van der Waals surface area contributed by atoms with Gasteiger partial charge in [0.1, 0.15) is 0 Å². The van der Waals surface area contributed by atoms with E-state index in [1.54, 1.807) is 0 Å². The molecule has 0 atom stereocenters. The summed E-state index contributed by atoms with van der Waals surface area (Å²) in [6, 6.07) is 0.531. The molecular formula is C10H20N4. The average Bonchev–Trinajstić information content (AvgIpc) is 2.52. The minimum absolute atomic E-state index is 0.460. The van der Waals surface area contributed by atoms with E-state index in [4.69, 9.17) is 0 Å². The van der Waals surface area contributed by atoms with Gasteiger partial charge in [0.05, 0.1) is 12.2 Å². The zero-order valence-corrected chi connectivity index (χ0v) is 9.49. The summed E-state index contributed by atoms with van der Waals surface area (Å²) >= 11 is 0. The lowest BCUT2D eigenvalue weighted by Gasteiger charge is -2.06. The molecule has 1 aromatic heterocycles. The highest BCUT2D eigenvalue weighted by atomic mass is 15.4. The van der Waals surface area contributed by atoms with Crippen molar-refractivity contribution in [3.8, 4) is 0 Å². The van der Waals surface area contributed by atoms with Gasteiger partial charge in [0.15, 0.2) is 0 Å². The molecule has 0 saturated heterocycles. The molecule has 0 aliphatic carbocycles. The van der Waals surface area contributed by atoms with E-state index in [2.05, 4.69) is 43.3 Å². The third kappa shape index (κ3) is 3.46. The van der Waals surface area contributed by atoms with Gasteiger partial charge in [-0.2, -0.15) is 0 Å². The van der Waals surface area contributed by atoms with Crippen molar-refractivity contribution in [1.29, 1.82) is 0 Å². The van der Waals surface area contributed by atoms with E-state index in [0.29, 0.717) is 12.0 Å². The van der Waals surface area contributed by atoms with Crippen molar-refractivity contribution >= 4 is 0 Å². The molecule has 0 aliphatic heterocycles. The molecule has 4 heteroatoms. The second kappa shape index (κ2) is 5.10. The van der Waals surface area contributed by atoms with E-state index >= 15 is 0 Å². The molecule has 0 bridgehead atoms. The van der Waals surface area contributed by atoms with Crippen molar-refractivity contribution in [2.24, 2.45) is 0 Å². The molecule has 0 radical (unpaired) electrons. The maximum absolute atomic E-state index is 4.10. The fraction of sp³-hybridized carbons (Fsp3) is 0.800. The van der Waals surface area contributed by atoms with Crippen LogP contribution in [0.3, 0.4) is 0 Å². The summed E-state index contributed by atoms with van der Waals surface area (Å²) in [7, 11) is 0. The molecule has 1 aromatic rings. The first-order valence-corrected chi connectivity index (χ1v) is 5.23. The number of hydrogen-bond donors (Lipinski definition) is 1. The van der Waals surface area contributed by atoms with Gasteiger partial charge < -0.3 is 5.32 Å². The molecule has 4 nitrogen and oxygen atoms in total. The van der Waals surface area contributed by atoms with Gasteiger partial charge in [-0.25, -0.2) is 0 Å². The Kier molecular flexibility index (Phi) is 4.07. The van der Waals surface area contributed by atoms with Gasteiger partial charge in [-0.1, -0.05) is 32.9 Å². The quantitative estimate of drug-likeness (QED) is 0.774. The standard InChI is InChI=1S/C10H20N4/c1-8(2)10-7-14(13-12-10)6-5-11-9(3)4/h7-9,11H,5-6H2,1-4H3. The first-order chi connectivity index (χ1) is 6.59. The Morgan fingerprint density at radius 1 is 1.36 bits per heavy atom. The smallest absolute Gasteiger partial charge is 0.0852 e. The zero-order valence-electron chi connectivity index (χ0n) is 9.49. The van der Waals surface area contributed by atoms with Crippen LogP contribution in [0.25, 0.3) is 0 Å². The summed E-state index contributed by atoms with van der Waals surface area (Å²) in [5.41, 5.74) is 1.06. The highest BCUT2D eigenvalue weighted by Gasteiger charge is 2.04. The van der Waals surface area contributed by atoms with Crippen LogP contribution >= 0.6 is 0 Å². The van der Waals surface area contributed by atoms with Gasteiger partial charge >= 0.3 is 0 Å². The minimum atomic E-state index is 0.460. The number of aromatic nitrogens is 3. The SMILES string of the molecule is CC(C)NCCn1cc(C(C)C)nn1. The first kappa shape index (κ1) is 11.2. The number of nitrogens with one attached hydrogen (secondary N) is 1. The molecule has 0 unspecified atom stereocenters. The molecule has 1 N–H and O–H groups in total. The molecule has 1 rings (SSSR count).